The van der Waals surface area contributed by atoms with Crippen LogP contribution >= 0.6 is 0 Å². The van der Waals surface area contributed by atoms with Gasteiger partial charge in [-0.25, -0.2) is 4.79 Å². The van der Waals surface area contributed by atoms with Crippen LogP contribution in [0.2, 0.25) is 0 Å². The molecule has 0 bridgehead atoms. The highest BCUT2D eigenvalue weighted by atomic mass is 16.2. The number of primary amides is 1. The average Bonchev–Trinajstić information content (AvgIpc) is 3.31. The van der Waals surface area contributed by atoms with Crippen molar-refractivity contribution in [2.75, 3.05) is 6.54 Å². The van der Waals surface area contributed by atoms with Crippen molar-refractivity contribution in [1.82, 2.24) is 15.5 Å². The van der Waals surface area contributed by atoms with Gasteiger partial charge >= 0.3 is 6.03 Å². The van der Waals surface area contributed by atoms with E-state index in [1.807, 2.05) is 6.92 Å². The van der Waals surface area contributed by atoms with Crippen molar-refractivity contribution in [3.8, 4) is 0 Å². The number of amides is 3. The quantitative estimate of drug-likeness (QED) is 0.119. The van der Waals surface area contributed by atoms with Crippen molar-refractivity contribution >= 4 is 23.5 Å². The molecule has 1 aliphatic carbocycles. The van der Waals surface area contributed by atoms with Crippen LogP contribution in [0.3, 0.4) is 0 Å². The normalized spacial score (nSPS) is 21.8. The molecule has 1 aliphatic heterocycles. The molecule has 264 valence electrons. The number of hydrogen-bond donors (Lipinski definition) is 3. The first-order valence-corrected chi connectivity index (χ1v) is 17.8. The van der Waals surface area contributed by atoms with E-state index in [9.17, 15) is 19.2 Å². The Morgan fingerprint density at radius 2 is 1.54 bits per heavy atom. The van der Waals surface area contributed by atoms with Crippen LogP contribution in [0.4, 0.5) is 4.79 Å². The largest absolute Gasteiger partial charge is 0.366 e. The number of nitrogens with zero attached hydrogens (tertiary/aromatic N) is 1. The molecule has 1 heterocycles. The zero-order valence-corrected chi connectivity index (χ0v) is 31.1. The molecule has 0 aromatic carbocycles. The van der Waals surface area contributed by atoms with Gasteiger partial charge in [-0.15, -0.1) is 0 Å². The summed E-state index contributed by atoms with van der Waals surface area (Å²) in [5.74, 6) is 1.35. The Hall–Kier alpha value is -2.64. The fourth-order valence-corrected chi connectivity index (χ4v) is 7.03. The molecule has 0 radical (unpaired) electrons. The number of rotatable bonds is 16. The lowest BCUT2D eigenvalue weighted by atomic mass is 9.78. The lowest BCUT2D eigenvalue weighted by molar-refractivity contribution is -0.138. The Labute approximate surface area is 281 Å². The summed E-state index contributed by atoms with van der Waals surface area (Å²) in [6, 6.07) is -0.218. The Bertz CT molecular complexity index is 1060. The topological polar surface area (TPSA) is 122 Å². The number of urea groups is 1. The summed E-state index contributed by atoms with van der Waals surface area (Å²) in [5, 5.41) is 6.40. The van der Waals surface area contributed by atoms with Gasteiger partial charge in [0.05, 0.1) is 12.1 Å². The lowest BCUT2D eigenvalue weighted by Crippen LogP contribution is -2.55. The molecule has 0 aromatic rings. The highest BCUT2D eigenvalue weighted by Gasteiger charge is 2.45. The van der Waals surface area contributed by atoms with Crippen molar-refractivity contribution < 1.29 is 19.2 Å². The molecule has 2 fully saturated rings. The van der Waals surface area contributed by atoms with Crippen LogP contribution in [0.1, 0.15) is 128 Å². The molecular formula is C38H68N4O4. The van der Waals surface area contributed by atoms with Crippen LogP contribution in [0.25, 0.3) is 0 Å². The van der Waals surface area contributed by atoms with Crippen molar-refractivity contribution in [2.24, 2.45) is 46.7 Å². The summed E-state index contributed by atoms with van der Waals surface area (Å²) in [6.07, 6.45) is 7.15. The van der Waals surface area contributed by atoms with Crippen LogP contribution in [0, 0.1) is 40.9 Å². The van der Waals surface area contributed by atoms with Gasteiger partial charge in [-0.2, -0.15) is 0 Å². The molecule has 8 heteroatoms. The van der Waals surface area contributed by atoms with Crippen molar-refractivity contribution in [2.45, 2.75) is 146 Å². The van der Waals surface area contributed by atoms with Crippen LogP contribution < -0.4 is 16.4 Å². The Morgan fingerprint density at radius 3 is 1.96 bits per heavy atom. The van der Waals surface area contributed by atoms with E-state index in [1.54, 1.807) is 6.92 Å². The monoisotopic (exact) mass is 645 g/mol. The molecule has 5 unspecified atom stereocenters. The molecule has 2 aliphatic rings. The summed E-state index contributed by atoms with van der Waals surface area (Å²) in [6.45, 7) is 33.2. The minimum atomic E-state index is -0.790. The van der Waals surface area contributed by atoms with E-state index in [0.717, 1.165) is 25.1 Å². The summed E-state index contributed by atoms with van der Waals surface area (Å²) < 4.78 is 0. The van der Waals surface area contributed by atoms with Gasteiger partial charge in [-0.1, -0.05) is 114 Å². The SMILES string of the molecule is C=C(CC)C1[C@@H](C(C)C)C(C)CN1C(=C)C(NC(=O)NC(CCC(=O)CC)C(C)C)C(C)(C)C.CC(CC1CCC1)C(=O)C(N)=O. The molecule has 46 heavy (non-hydrogen) atoms. The molecule has 6 atom stereocenters. The summed E-state index contributed by atoms with van der Waals surface area (Å²) in [5.41, 5.74) is 6.87. The second kappa shape index (κ2) is 18.6. The van der Waals surface area contributed by atoms with Gasteiger partial charge < -0.3 is 21.3 Å². The molecule has 3 amide bonds. The van der Waals surface area contributed by atoms with Gasteiger partial charge in [0.15, 0.2) is 0 Å². The van der Waals surface area contributed by atoms with Crippen LogP contribution in [-0.2, 0) is 14.4 Å². The molecular weight excluding hydrogens is 576 g/mol. The maximum Gasteiger partial charge on any atom is 0.315 e. The number of nitrogens with two attached hydrogens (primary N) is 1. The van der Waals surface area contributed by atoms with Gasteiger partial charge in [0.25, 0.3) is 5.91 Å². The first kappa shape index (κ1) is 41.4. The first-order chi connectivity index (χ1) is 21.3. The van der Waals surface area contributed by atoms with E-state index in [2.05, 4.69) is 91.0 Å². The van der Waals surface area contributed by atoms with Crippen LogP contribution in [0.15, 0.2) is 24.4 Å². The second-order valence-electron chi connectivity index (χ2n) is 15.8. The zero-order valence-electron chi connectivity index (χ0n) is 31.1. The molecule has 4 N–H and O–H groups in total. The minimum absolute atomic E-state index is 0.0471. The molecule has 0 spiro atoms. The van der Waals surface area contributed by atoms with Gasteiger partial charge in [-0.05, 0) is 54.3 Å². The first-order valence-electron chi connectivity index (χ1n) is 17.8. The number of carbonyl (C=O) groups excluding carboxylic acids is 4. The lowest BCUT2D eigenvalue weighted by Gasteiger charge is -2.41. The molecule has 0 aromatic heterocycles. The smallest absolute Gasteiger partial charge is 0.315 e. The molecule has 8 nitrogen and oxygen atoms in total. The fourth-order valence-electron chi connectivity index (χ4n) is 7.03. The van der Waals surface area contributed by atoms with Gasteiger partial charge in [0.1, 0.15) is 5.78 Å². The predicted molar refractivity (Wildman–Crippen MR) is 190 cm³/mol. The van der Waals surface area contributed by atoms with E-state index in [-0.39, 0.29) is 47.2 Å². The predicted octanol–water partition coefficient (Wildman–Crippen LogP) is 7.42. The van der Waals surface area contributed by atoms with E-state index >= 15 is 0 Å². The van der Waals surface area contributed by atoms with E-state index < -0.39 is 11.7 Å². The second-order valence-corrected chi connectivity index (χ2v) is 15.8. The number of carbonyl (C=O) groups is 4. The van der Waals surface area contributed by atoms with E-state index in [0.29, 0.717) is 42.9 Å². The summed E-state index contributed by atoms with van der Waals surface area (Å²) >= 11 is 0. The summed E-state index contributed by atoms with van der Waals surface area (Å²) in [7, 11) is 0. The molecule has 2 rings (SSSR count). The Balaban J connectivity index is 0.000000733. The van der Waals surface area contributed by atoms with Crippen LogP contribution in [-0.4, -0.2) is 53.1 Å². The third-order valence-electron chi connectivity index (χ3n) is 10.2. The third kappa shape index (κ3) is 12.2. The minimum Gasteiger partial charge on any atom is -0.366 e. The number of Topliss-reactive ketones (excluding diaryl/α,β-unsaturated/α-hetero) is 2. The highest BCUT2D eigenvalue weighted by Crippen LogP contribution is 2.42. The highest BCUT2D eigenvalue weighted by molar-refractivity contribution is 6.36. The van der Waals surface area contributed by atoms with E-state index in [4.69, 9.17) is 5.73 Å². The van der Waals surface area contributed by atoms with Gasteiger partial charge in [0.2, 0.25) is 5.78 Å². The third-order valence-corrected chi connectivity index (χ3v) is 10.2. The maximum absolute atomic E-state index is 13.2. The molecule has 1 saturated carbocycles. The summed E-state index contributed by atoms with van der Waals surface area (Å²) in [4.78, 5) is 49.0. The Morgan fingerprint density at radius 1 is 0.957 bits per heavy atom. The number of nitrogens with one attached hydrogen (secondary N) is 2. The van der Waals surface area contributed by atoms with Crippen molar-refractivity contribution in [3.63, 3.8) is 0 Å². The van der Waals surface area contributed by atoms with Gasteiger partial charge in [-0.3, -0.25) is 14.4 Å². The zero-order chi connectivity index (χ0) is 35.5. The van der Waals surface area contributed by atoms with E-state index in [1.165, 1.54) is 24.8 Å². The standard InChI is InChI=1S/C29H53N3O2.C9H15NO2/c1-13-20(7)26-25(19(5)6)21(8)17-32(26)22(9)27(29(10,11)12)31-28(34)30-24(18(3)4)16-15-23(33)14-2;1-6(8(11)9(10)12)5-7-3-2-4-7/h18-19,21,24-27H,7,9,13-17H2,1-6,8,10-12H3,(H2,30,31,34);6-7H,2-5H2,1H3,(H2,10,12)/t21?,24?,25-,26?,27?;/m0./s1. The van der Waals surface area contributed by atoms with Gasteiger partial charge in [0, 0.05) is 37.0 Å². The molecule has 1 saturated heterocycles. The maximum atomic E-state index is 13.2. The Kier molecular flexibility index (Phi) is 16.8. The fraction of sp³-hybridized carbons (Fsp3) is 0.789. The van der Waals surface area contributed by atoms with Crippen molar-refractivity contribution in [3.05, 3.63) is 24.4 Å². The number of hydrogen-bond acceptors (Lipinski definition) is 5. The van der Waals surface area contributed by atoms with Crippen LogP contribution in [0.5, 0.6) is 0 Å². The van der Waals surface area contributed by atoms with Crippen molar-refractivity contribution in [1.29, 1.82) is 0 Å². The average molecular weight is 645 g/mol. The number of ketones is 2. The number of likely N-dealkylation sites (tertiary alicyclic amines) is 1.